The number of ether oxygens (including phenoxy) is 1. The van der Waals surface area contributed by atoms with Crippen molar-refractivity contribution in [2.75, 3.05) is 11.9 Å². The van der Waals surface area contributed by atoms with Gasteiger partial charge in [-0.2, -0.15) is 0 Å². The molecule has 0 radical (unpaired) electrons. The van der Waals surface area contributed by atoms with Gasteiger partial charge < -0.3 is 10.1 Å². The molecule has 1 amide bonds. The fraction of sp³-hybridized carbons (Fsp3) is 0.188. The van der Waals surface area contributed by atoms with Crippen molar-refractivity contribution in [2.24, 2.45) is 0 Å². The Bertz CT molecular complexity index is 647. The minimum Gasteiger partial charge on any atom is -0.494 e. The van der Waals surface area contributed by atoms with E-state index in [4.69, 9.17) is 4.74 Å². The number of halogens is 3. The van der Waals surface area contributed by atoms with E-state index in [9.17, 15) is 9.18 Å². The molecule has 116 valence electrons. The van der Waals surface area contributed by atoms with Gasteiger partial charge in [-0.05, 0) is 64.8 Å². The Labute approximate surface area is 145 Å². The van der Waals surface area contributed by atoms with Crippen molar-refractivity contribution in [1.82, 2.24) is 0 Å². The summed E-state index contributed by atoms with van der Waals surface area (Å²) in [5, 5.41) is 2.84. The van der Waals surface area contributed by atoms with Crippen LogP contribution in [0.4, 0.5) is 10.1 Å². The third-order valence-corrected chi connectivity index (χ3v) is 4.02. The minimum atomic E-state index is -0.300. The highest BCUT2D eigenvalue weighted by molar-refractivity contribution is 9.11. The van der Waals surface area contributed by atoms with Crippen molar-refractivity contribution in [3.05, 3.63) is 57.2 Å². The van der Waals surface area contributed by atoms with Crippen LogP contribution in [0.2, 0.25) is 0 Å². The monoisotopic (exact) mass is 429 g/mol. The van der Waals surface area contributed by atoms with E-state index in [1.165, 1.54) is 12.1 Å². The summed E-state index contributed by atoms with van der Waals surface area (Å²) in [6.07, 6.45) is 0.926. The molecule has 0 saturated carbocycles. The summed E-state index contributed by atoms with van der Waals surface area (Å²) in [6.45, 7) is 0.401. The number of amides is 1. The van der Waals surface area contributed by atoms with E-state index in [1.807, 2.05) is 18.2 Å². The van der Waals surface area contributed by atoms with Crippen LogP contribution in [0.15, 0.2) is 51.4 Å². The van der Waals surface area contributed by atoms with Crippen molar-refractivity contribution in [3.8, 4) is 5.75 Å². The lowest BCUT2D eigenvalue weighted by molar-refractivity contribution is -0.116. The third kappa shape index (κ3) is 5.42. The number of carbonyl (C=O) groups excluding carboxylic acids is 1. The standard InChI is InChI=1S/C16H14Br2FNO2/c17-11-3-8-14(18)15(10-11)20-16(21)2-1-9-22-13-6-4-12(19)5-7-13/h3-8,10H,1-2,9H2,(H,20,21). The van der Waals surface area contributed by atoms with Crippen LogP contribution in [0.1, 0.15) is 12.8 Å². The van der Waals surface area contributed by atoms with E-state index in [-0.39, 0.29) is 11.7 Å². The van der Waals surface area contributed by atoms with Crippen LogP contribution < -0.4 is 10.1 Å². The van der Waals surface area contributed by atoms with E-state index in [0.717, 1.165) is 14.6 Å². The van der Waals surface area contributed by atoms with Gasteiger partial charge in [0, 0.05) is 15.4 Å². The van der Waals surface area contributed by atoms with E-state index in [2.05, 4.69) is 37.2 Å². The molecule has 6 heteroatoms. The summed E-state index contributed by atoms with van der Waals surface area (Å²) in [4.78, 5) is 11.9. The quantitative estimate of drug-likeness (QED) is 0.643. The molecular formula is C16H14Br2FNO2. The van der Waals surface area contributed by atoms with Gasteiger partial charge >= 0.3 is 0 Å². The van der Waals surface area contributed by atoms with E-state index >= 15 is 0 Å². The molecule has 0 saturated heterocycles. The van der Waals surface area contributed by atoms with Crippen molar-refractivity contribution in [2.45, 2.75) is 12.8 Å². The van der Waals surface area contributed by atoms with Crippen molar-refractivity contribution in [3.63, 3.8) is 0 Å². The van der Waals surface area contributed by atoms with Gasteiger partial charge in [0.25, 0.3) is 0 Å². The molecule has 0 unspecified atom stereocenters. The fourth-order valence-electron chi connectivity index (χ4n) is 1.76. The Hall–Kier alpha value is -1.40. The maximum atomic E-state index is 12.7. The van der Waals surface area contributed by atoms with Crippen molar-refractivity contribution in [1.29, 1.82) is 0 Å². The Balaban J connectivity index is 1.74. The number of hydrogen-bond acceptors (Lipinski definition) is 2. The third-order valence-electron chi connectivity index (χ3n) is 2.83. The van der Waals surface area contributed by atoms with Gasteiger partial charge in [0.05, 0.1) is 12.3 Å². The van der Waals surface area contributed by atoms with Crippen LogP contribution in [-0.4, -0.2) is 12.5 Å². The molecule has 2 rings (SSSR count). The zero-order chi connectivity index (χ0) is 15.9. The van der Waals surface area contributed by atoms with Crippen LogP contribution in [0.3, 0.4) is 0 Å². The van der Waals surface area contributed by atoms with Gasteiger partial charge in [-0.1, -0.05) is 15.9 Å². The van der Waals surface area contributed by atoms with Crippen molar-refractivity contribution < 1.29 is 13.9 Å². The summed E-state index contributed by atoms with van der Waals surface area (Å²) in [5.41, 5.74) is 0.721. The minimum absolute atomic E-state index is 0.0819. The van der Waals surface area contributed by atoms with Gasteiger partial charge in [0.15, 0.2) is 0 Å². The summed E-state index contributed by atoms with van der Waals surface area (Å²) in [7, 11) is 0. The van der Waals surface area contributed by atoms with E-state index < -0.39 is 0 Å². The molecule has 22 heavy (non-hydrogen) atoms. The van der Waals surface area contributed by atoms with Gasteiger partial charge in [0.2, 0.25) is 5.91 Å². The van der Waals surface area contributed by atoms with Gasteiger partial charge in [-0.25, -0.2) is 4.39 Å². The molecule has 1 N–H and O–H groups in total. The molecule has 0 bridgehead atoms. The maximum absolute atomic E-state index is 12.7. The molecule has 2 aromatic rings. The van der Waals surface area contributed by atoms with Crippen LogP contribution in [0.25, 0.3) is 0 Å². The average molecular weight is 431 g/mol. The van der Waals surface area contributed by atoms with Crippen LogP contribution in [-0.2, 0) is 4.79 Å². The number of nitrogens with one attached hydrogen (secondary N) is 1. The van der Waals surface area contributed by atoms with Crippen LogP contribution in [0.5, 0.6) is 5.75 Å². The number of benzene rings is 2. The van der Waals surface area contributed by atoms with Crippen LogP contribution in [0, 0.1) is 5.82 Å². The summed E-state index contributed by atoms with van der Waals surface area (Å²) >= 11 is 6.75. The van der Waals surface area contributed by atoms with Gasteiger partial charge in [0.1, 0.15) is 11.6 Å². The lowest BCUT2D eigenvalue weighted by Crippen LogP contribution is -2.13. The number of anilines is 1. The number of hydrogen-bond donors (Lipinski definition) is 1. The molecule has 0 aliphatic rings. The zero-order valence-electron chi connectivity index (χ0n) is 11.6. The molecule has 3 nitrogen and oxygen atoms in total. The molecule has 0 spiro atoms. The topological polar surface area (TPSA) is 38.3 Å². The van der Waals surface area contributed by atoms with Gasteiger partial charge in [-0.3, -0.25) is 4.79 Å². The highest BCUT2D eigenvalue weighted by Crippen LogP contribution is 2.26. The summed E-state index contributed by atoms with van der Waals surface area (Å²) < 4.78 is 19.9. The molecule has 0 atom stereocenters. The first-order valence-electron chi connectivity index (χ1n) is 6.68. The second-order valence-electron chi connectivity index (χ2n) is 4.58. The normalized spacial score (nSPS) is 10.3. The smallest absolute Gasteiger partial charge is 0.224 e. The number of carbonyl (C=O) groups is 1. The molecule has 0 heterocycles. The van der Waals surface area contributed by atoms with Crippen molar-refractivity contribution >= 4 is 43.5 Å². The predicted octanol–water partition coefficient (Wildman–Crippen LogP) is 5.15. The lowest BCUT2D eigenvalue weighted by Gasteiger charge is -2.09. The zero-order valence-corrected chi connectivity index (χ0v) is 14.8. The first-order chi connectivity index (χ1) is 10.5. The van der Waals surface area contributed by atoms with E-state index in [0.29, 0.717) is 25.2 Å². The SMILES string of the molecule is O=C(CCCOc1ccc(F)cc1)Nc1cc(Br)ccc1Br. The molecule has 0 fully saturated rings. The fourth-order valence-corrected chi connectivity index (χ4v) is 2.47. The molecular weight excluding hydrogens is 417 g/mol. The maximum Gasteiger partial charge on any atom is 0.224 e. The summed E-state index contributed by atoms with van der Waals surface area (Å²) in [6, 6.07) is 11.4. The Morgan fingerprint density at radius 1 is 1.14 bits per heavy atom. The molecule has 0 aliphatic heterocycles. The Kier molecular flexibility index (Phi) is 6.39. The summed E-state index contributed by atoms with van der Waals surface area (Å²) in [5.74, 6) is 0.212. The van der Waals surface area contributed by atoms with Gasteiger partial charge in [-0.15, -0.1) is 0 Å². The van der Waals surface area contributed by atoms with Crippen LogP contribution >= 0.6 is 31.9 Å². The number of rotatable bonds is 6. The predicted molar refractivity (Wildman–Crippen MR) is 91.6 cm³/mol. The second kappa shape index (κ2) is 8.29. The average Bonchev–Trinajstić information content (AvgIpc) is 2.49. The Morgan fingerprint density at radius 2 is 1.86 bits per heavy atom. The lowest BCUT2D eigenvalue weighted by atomic mass is 10.2. The highest BCUT2D eigenvalue weighted by atomic mass is 79.9. The molecule has 0 aromatic heterocycles. The molecule has 0 aliphatic carbocycles. The first-order valence-corrected chi connectivity index (χ1v) is 8.26. The first kappa shape index (κ1) is 17.0. The second-order valence-corrected chi connectivity index (χ2v) is 6.35. The Morgan fingerprint density at radius 3 is 2.59 bits per heavy atom. The highest BCUT2D eigenvalue weighted by Gasteiger charge is 2.06. The largest absolute Gasteiger partial charge is 0.494 e. The van der Waals surface area contributed by atoms with E-state index in [1.54, 1.807) is 12.1 Å². The molecule has 2 aromatic carbocycles.